The lowest BCUT2D eigenvalue weighted by Crippen LogP contribution is -2.58. The van der Waals surface area contributed by atoms with Crippen molar-refractivity contribution in [1.82, 2.24) is 4.90 Å². The molecule has 3 aliphatic rings. The highest BCUT2D eigenvalue weighted by atomic mass is 16.5. The number of carbonyl (C=O) groups is 1. The van der Waals surface area contributed by atoms with Gasteiger partial charge in [0.15, 0.2) is 0 Å². The van der Waals surface area contributed by atoms with Gasteiger partial charge < -0.3 is 30.7 Å². The van der Waals surface area contributed by atoms with Gasteiger partial charge in [0.2, 0.25) is 11.9 Å². The number of amides is 1. The normalized spacial score (nSPS) is 19.4. The van der Waals surface area contributed by atoms with Crippen LogP contribution in [0.25, 0.3) is 0 Å². The molecule has 10 heteroatoms. The van der Waals surface area contributed by atoms with Gasteiger partial charge in [-0.15, -0.1) is 0 Å². The predicted molar refractivity (Wildman–Crippen MR) is 146 cm³/mol. The molecule has 2 heterocycles. The molecule has 1 amide bonds. The third kappa shape index (κ3) is 4.87. The zero-order chi connectivity index (χ0) is 26.0. The number of nitrogens with two attached hydrogens (primary N) is 2. The fourth-order valence-corrected chi connectivity index (χ4v) is 5.59. The van der Waals surface area contributed by atoms with Crippen LogP contribution in [0, 0.1) is 0 Å². The summed E-state index contributed by atoms with van der Waals surface area (Å²) in [5, 5.41) is 0. The van der Waals surface area contributed by atoms with E-state index in [1.54, 1.807) is 32.4 Å². The van der Waals surface area contributed by atoms with Crippen LogP contribution in [0.3, 0.4) is 0 Å². The summed E-state index contributed by atoms with van der Waals surface area (Å²) in [7, 11) is 3.16. The van der Waals surface area contributed by atoms with Crippen LogP contribution < -0.4 is 30.7 Å². The zero-order valence-corrected chi connectivity index (χ0v) is 21.5. The van der Waals surface area contributed by atoms with Gasteiger partial charge in [-0.1, -0.05) is 6.42 Å². The van der Waals surface area contributed by atoms with E-state index in [1.807, 2.05) is 9.80 Å². The average Bonchev–Trinajstić information content (AvgIpc) is 2.92. The quantitative estimate of drug-likeness (QED) is 0.641. The second-order valence-electron chi connectivity index (χ2n) is 9.72. The molecule has 1 aliphatic carbocycles. The number of methoxy groups -OCH3 is 2. The van der Waals surface area contributed by atoms with Crippen LogP contribution in [0.15, 0.2) is 52.4 Å². The minimum absolute atomic E-state index is 0.0235. The fraction of sp³-hybridized carbons (Fsp3) is 0.444. The number of ether oxygens (including phenoxy) is 2. The van der Waals surface area contributed by atoms with E-state index in [0.29, 0.717) is 36.1 Å². The smallest absolute Gasteiger partial charge is 0.254 e. The number of hydrogen-bond acceptors (Lipinski definition) is 9. The molecule has 37 heavy (non-hydrogen) atoms. The van der Waals surface area contributed by atoms with E-state index in [2.05, 4.69) is 34.2 Å². The Morgan fingerprint density at radius 3 is 2.05 bits per heavy atom. The number of anilines is 2. The molecule has 0 unspecified atom stereocenters. The molecule has 0 atom stereocenters. The van der Waals surface area contributed by atoms with Crippen LogP contribution in [0.2, 0.25) is 0 Å². The first-order valence-electron chi connectivity index (χ1n) is 12.8. The molecule has 0 bridgehead atoms. The van der Waals surface area contributed by atoms with Crippen molar-refractivity contribution in [3.63, 3.8) is 0 Å². The van der Waals surface area contributed by atoms with Gasteiger partial charge in [-0.2, -0.15) is 4.99 Å². The highest BCUT2D eigenvalue weighted by Crippen LogP contribution is 2.40. The van der Waals surface area contributed by atoms with Gasteiger partial charge in [0.05, 0.1) is 14.2 Å². The van der Waals surface area contributed by atoms with Crippen molar-refractivity contribution >= 4 is 29.2 Å². The van der Waals surface area contributed by atoms with Crippen LogP contribution >= 0.6 is 0 Å². The SMILES string of the molecule is COc1cc(OC)cc(C(=O)N2CCN(c3ccc(N4C(N)=NC(N)=NC45CCCCC5)cc3)CC2)c1. The molecule has 10 nitrogen and oxygen atoms in total. The lowest BCUT2D eigenvalue weighted by molar-refractivity contribution is 0.0746. The first-order chi connectivity index (χ1) is 17.9. The molecule has 5 rings (SSSR count). The largest absolute Gasteiger partial charge is 0.497 e. The summed E-state index contributed by atoms with van der Waals surface area (Å²) < 4.78 is 10.6. The molecule has 4 N–H and O–H groups in total. The number of rotatable bonds is 5. The maximum Gasteiger partial charge on any atom is 0.254 e. The monoisotopic (exact) mass is 505 g/mol. The summed E-state index contributed by atoms with van der Waals surface area (Å²) in [5.74, 6) is 1.83. The van der Waals surface area contributed by atoms with Crippen molar-refractivity contribution < 1.29 is 14.3 Å². The molecule has 2 aromatic carbocycles. The van der Waals surface area contributed by atoms with E-state index in [1.165, 1.54) is 6.42 Å². The Bertz CT molecular complexity index is 1170. The van der Waals surface area contributed by atoms with E-state index in [4.69, 9.17) is 25.9 Å². The van der Waals surface area contributed by atoms with Crippen LogP contribution in [-0.2, 0) is 0 Å². The fourth-order valence-electron chi connectivity index (χ4n) is 5.59. The Morgan fingerprint density at radius 2 is 1.46 bits per heavy atom. The Hall–Kier alpha value is -3.95. The van der Waals surface area contributed by atoms with Crippen LogP contribution in [0.4, 0.5) is 11.4 Å². The molecule has 1 spiro atoms. The van der Waals surface area contributed by atoms with Crippen molar-refractivity contribution in [3.05, 3.63) is 48.0 Å². The molecular formula is C27H35N7O3. The maximum atomic E-state index is 13.1. The topological polar surface area (TPSA) is 122 Å². The summed E-state index contributed by atoms with van der Waals surface area (Å²) in [5.41, 5.74) is 14.5. The number of carbonyl (C=O) groups excluding carboxylic acids is 1. The summed E-state index contributed by atoms with van der Waals surface area (Å²) in [6.45, 7) is 2.74. The van der Waals surface area contributed by atoms with Crippen molar-refractivity contribution in [2.24, 2.45) is 21.5 Å². The second kappa shape index (κ2) is 10.2. The van der Waals surface area contributed by atoms with E-state index in [-0.39, 0.29) is 11.9 Å². The van der Waals surface area contributed by atoms with Crippen LogP contribution in [0.5, 0.6) is 11.5 Å². The number of piperazine rings is 1. The molecule has 2 aliphatic heterocycles. The van der Waals surface area contributed by atoms with Crippen molar-refractivity contribution in [3.8, 4) is 11.5 Å². The predicted octanol–water partition coefficient (Wildman–Crippen LogP) is 2.78. The van der Waals surface area contributed by atoms with E-state index >= 15 is 0 Å². The highest BCUT2D eigenvalue weighted by molar-refractivity contribution is 6.05. The number of aliphatic imine (C=N–C) groups is 2. The third-order valence-corrected chi connectivity index (χ3v) is 7.49. The summed E-state index contributed by atoms with van der Waals surface area (Å²) in [4.78, 5) is 28.4. The average molecular weight is 506 g/mol. The third-order valence-electron chi connectivity index (χ3n) is 7.49. The lowest BCUT2D eigenvalue weighted by atomic mass is 9.87. The first-order valence-corrected chi connectivity index (χ1v) is 12.8. The molecule has 2 aromatic rings. The molecule has 2 fully saturated rings. The second-order valence-corrected chi connectivity index (χ2v) is 9.72. The van der Waals surface area contributed by atoms with E-state index < -0.39 is 5.66 Å². The van der Waals surface area contributed by atoms with Crippen molar-refractivity contribution in [2.75, 3.05) is 50.2 Å². The Labute approximate surface area is 217 Å². The molecule has 1 saturated carbocycles. The van der Waals surface area contributed by atoms with Gasteiger partial charge in [0.25, 0.3) is 5.91 Å². The van der Waals surface area contributed by atoms with E-state index in [0.717, 1.165) is 50.1 Å². The van der Waals surface area contributed by atoms with Crippen molar-refractivity contribution in [2.45, 2.75) is 37.8 Å². The van der Waals surface area contributed by atoms with Gasteiger partial charge in [-0.25, -0.2) is 4.99 Å². The lowest BCUT2D eigenvalue weighted by Gasteiger charge is -2.45. The number of guanidine groups is 2. The Balaban J connectivity index is 1.27. The van der Waals surface area contributed by atoms with Gasteiger partial charge in [0, 0.05) is 49.2 Å². The van der Waals surface area contributed by atoms with E-state index in [9.17, 15) is 4.79 Å². The first kappa shape index (κ1) is 24.7. The van der Waals surface area contributed by atoms with Gasteiger partial charge in [-0.3, -0.25) is 9.69 Å². The van der Waals surface area contributed by atoms with Gasteiger partial charge in [0.1, 0.15) is 17.2 Å². The van der Waals surface area contributed by atoms with Crippen molar-refractivity contribution in [1.29, 1.82) is 0 Å². The van der Waals surface area contributed by atoms with Crippen LogP contribution in [0.1, 0.15) is 42.5 Å². The van der Waals surface area contributed by atoms with Gasteiger partial charge >= 0.3 is 0 Å². The molecule has 0 radical (unpaired) electrons. The molecular weight excluding hydrogens is 470 g/mol. The molecule has 1 saturated heterocycles. The summed E-state index contributed by atoms with van der Waals surface area (Å²) in [6, 6.07) is 13.6. The summed E-state index contributed by atoms with van der Waals surface area (Å²) in [6.07, 6.45) is 5.18. The number of hydrogen-bond donors (Lipinski definition) is 2. The summed E-state index contributed by atoms with van der Waals surface area (Å²) >= 11 is 0. The molecule has 196 valence electrons. The number of nitrogens with zero attached hydrogens (tertiary/aromatic N) is 5. The Morgan fingerprint density at radius 1 is 0.865 bits per heavy atom. The minimum Gasteiger partial charge on any atom is -0.497 e. The van der Waals surface area contributed by atoms with Gasteiger partial charge in [-0.05, 0) is 62.1 Å². The molecule has 0 aromatic heterocycles. The number of benzene rings is 2. The Kier molecular flexibility index (Phi) is 6.82. The standard InChI is InChI=1S/C27H35N7O3/c1-36-22-16-19(17-23(18-22)37-2)24(35)33-14-12-32(13-15-33)20-6-8-21(9-7-20)34-26(29)30-25(28)31-27(34)10-4-3-5-11-27/h6-9,16-18H,3-5,10-15H2,1-2H3,(H4,28,29,30,31). The minimum atomic E-state index is -0.454. The van der Waals surface area contributed by atoms with Crippen LogP contribution in [-0.4, -0.2) is 68.8 Å². The zero-order valence-electron chi connectivity index (χ0n) is 21.5. The highest BCUT2D eigenvalue weighted by Gasteiger charge is 2.42. The maximum absolute atomic E-state index is 13.1.